The zero-order valence-corrected chi connectivity index (χ0v) is 15.2. The van der Waals surface area contributed by atoms with Crippen LogP contribution in [0.25, 0.3) is 5.69 Å². The van der Waals surface area contributed by atoms with Gasteiger partial charge in [-0.05, 0) is 49.4 Å². The first kappa shape index (κ1) is 19.6. The lowest BCUT2D eigenvalue weighted by molar-refractivity contribution is -0.137. The first-order valence-electron chi connectivity index (χ1n) is 8.01. The maximum Gasteiger partial charge on any atom is 0.416 e. The Bertz CT molecular complexity index is 1090. The van der Waals surface area contributed by atoms with Crippen molar-refractivity contribution in [3.8, 4) is 5.69 Å². The van der Waals surface area contributed by atoms with Crippen molar-refractivity contribution >= 4 is 23.2 Å². The lowest BCUT2D eigenvalue weighted by Gasteiger charge is -2.12. The molecule has 0 fully saturated rings. The molecule has 0 saturated heterocycles. The Morgan fingerprint density at radius 3 is 2.43 bits per heavy atom. The SMILES string of the molecule is Cc1cc(=O)c(C(=O)Nc2cccc(C(F)(F)F)c2)nn1-c1ccc(Cl)cc1. The van der Waals surface area contributed by atoms with Crippen molar-refractivity contribution in [3.63, 3.8) is 0 Å². The lowest BCUT2D eigenvalue weighted by atomic mass is 10.2. The highest BCUT2D eigenvalue weighted by Crippen LogP contribution is 2.30. The normalized spacial score (nSPS) is 11.3. The lowest BCUT2D eigenvalue weighted by Crippen LogP contribution is -2.27. The summed E-state index contributed by atoms with van der Waals surface area (Å²) < 4.78 is 39.8. The van der Waals surface area contributed by atoms with Crippen LogP contribution in [0.5, 0.6) is 0 Å². The van der Waals surface area contributed by atoms with Crippen molar-refractivity contribution in [3.05, 3.63) is 86.8 Å². The van der Waals surface area contributed by atoms with Crippen LogP contribution in [0.3, 0.4) is 0 Å². The van der Waals surface area contributed by atoms with Crippen LogP contribution in [-0.2, 0) is 6.18 Å². The highest BCUT2D eigenvalue weighted by Gasteiger charge is 2.30. The van der Waals surface area contributed by atoms with Crippen LogP contribution in [0.1, 0.15) is 21.7 Å². The molecular formula is C19H13ClF3N3O2. The van der Waals surface area contributed by atoms with E-state index in [9.17, 15) is 22.8 Å². The standard InChI is InChI=1S/C19H13ClF3N3O2/c1-11-9-16(27)17(25-26(11)15-7-5-13(20)6-8-15)18(28)24-14-4-2-3-12(10-14)19(21,22)23/h2-10H,1H3,(H,24,28). The molecule has 0 saturated carbocycles. The Kier molecular flexibility index (Phi) is 5.24. The molecule has 0 aliphatic carbocycles. The summed E-state index contributed by atoms with van der Waals surface area (Å²) in [5, 5.41) is 6.85. The third kappa shape index (κ3) is 4.23. The van der Waals surface area contributed by atoms with Crippen LogP contribution in [0, 0.1) is 6.92 Å². The number of nitrogens with one attached hydrogen (secondary N) is 1. The van der Waals surface area contributed by atoms with Crippen LogP contribution in [-0.4, -0.2) is 15.7 Å². The van der Waals surface area contributed by atoms with Crippen LogP contribution in [0.4, 0.5) is 18.9 Å². The van der Waals surface area contributed by atoms with Gasteiger partial charge in [0.1, 0.15) is 0 Å². The number of benzene rings is 2. The minimum Gasteiger partial charge on any atom is -0.320 e. The zero-order chi connectivity index (χ0) is 20.5. The molecule has 3 rings (SSSR count). The number of halogens is 4. The Hall–Kier alpha value is -3.13. The molecule has 1 amide bonds. The van der Waals surface area contributed by atoms with Crippen molar-refractivity contribution in [2.24, 2.45) is 0 Å². The summed E-state index contributed by atoms with van der Waals surface area (Å²) >= 11 is 5.86. The molecule has 0 bridgehead atoms. The highest BCUT2D eigenvalue weighted by atomic mass is 35.5. The number of aryl methyl sites for hydroxylation is 1. The molecule has 0 aliphatic heterocycles. The fraction of sp³-hybridized carbons (Fsp3) is 0.105. The quantitative estimate of drug-likeness (QED) is 0.697. The summed E-state index contributed by atoms with van der Waals surface area (Å²) in [5.41, 5.74) is -1.07. The number of rotatable bonds is 3. The predicted molar refractivity (Wildman–Crippen MR) is 99.0 cm³/mol. The molecular weight excluding hydrogens is 395 g/mol. The summed E-state index contributed by atoms with van der Waals surface area (Å²) in [5.74, 6) is -0.910. The molecule has 5 nitrogen and oxygen atoms in total. The Labute approximate surface area is 162 Å². The van der Waals surface area contributed by atoms with Crippen molar-refractivity contribution in [1.82, 2.24) is 9.78 Å². The number of amides is 1. The maximum absolute atomic E-state index is 12.8. The van der Waals surface area contributed by atoms with E-state index in [4.69, 9.17) is 11.6 Å². The van der Waals surface area contributed by atoms with Crippen LogP contribution in [0.2, 0.25) is 5.02 Å². The number of hydrogen-bond donors (Lipinski definition) is 1. The fourth-order valence-electron chi connectivity index (χ4n) is 2.51. The topological polar surface area (TPSA) is 64.0 Å². The first-order valence-corrected chi connectivity index (χ1v) is 8.38. The largest absolute Gasteiger partial charge is 0.416 e. The molecule has 1 heterocycles. The summed E-state index contributed by atoms with van der Waals surface area (Å²) in [6.45, 7) is 1.64. The van der Waals surface area contributed by atoms with Gasteiger partial charge >= 0.3 is 6.18 Å². The van der Waals surface area contributed by atoms with Gasteiger partial charge in [0, 0.05) is 22.5 Å². The van der Waals surface area contributed by atoms with E-state index in [1.807, 2.05) is 0 Å². The van der Waals surface area contributed by atoms with Gasteiger partial charge in [-0.2, -0.15) is 18.3 Å². The molecule has 3 aromatic rings. The monoisotopic (exact) mass is 407 g/mol. The Morgan fingerprint density at radius 1 is 1.11 bits per heavy atom. The maximum atomic E-state index is 12.8. The molecule has 2 aromatic carbocycles. The van der Waals surface area contributed by atoms with E-state index in [1.54, 1.807) is 31.2 Å². The summed E-state index contributed by atoms with van der Waals surface area (Å²) in [7, 11) is 0. The molecule has 1 aromatic heterocycles. The van der Waals surface area contributed by atoms with Crippen LogP contribution in [0.15, 0.2) is 59.4 Å². The number of carbonyl (C=O) groups excluding carboxylic acids is 1. The highest BCUT2D eigenvalue weighted by molar-refractivity contribution is 6.30. The third-order valence-corrected chi connectivity index (χ3v) is 4.09. The first-order chi connectivity index (χ1) is 13.1. The molecule has 9 heteroatoms. The van der Waals surface area contributed by atoms with E-state index >= 15 is 0 Å². The summed E-state index contributed by atoms with van der Waals surface area (Å²) in [4.78, 5) is 24.7. The molecule has 0 unspecified atom stereocenters. The second-order valence-corrected chi connectivity index (χ2v) is 6.36. The summed E-state index contributed by atoms with van der Waals surface area (Å²) in [6.07, 6.45) is -4.55. The molecule has 0 atom stereocenters. The average Bonchev–Trinajstić information content (AvgIpc) is 2.62. The van der Waals surface area contributed by atoms with Crippen molar-refractivity contribution in [2.45, 2.75) is 13.1 Å². The second kappa shape index (κ2) is 7.47. The summed E-state index contributed by atoms with van der Waals surface area (Å²) in [6, 6.07) is 11.9. The second-order valence-electron chi connectivity index (χ2n) is 5.92. The van der Waals surface area contributed by atoms with Gasteiger partial charge in [-0.3, -0.25) is 9.59 Å². The number of aromatic nitrogens is 2. The Morgan fingerprint density at radius 2 is 1.79 bits per heavy atom. The van der Waals surface area contributed by atoms with Crippen LogP contribution < -0.4 is 10.7 Å². The van der Waals surface area contributed by atoms with Gasteiger partial charge in [-0.15, -0.1) is 0 Å². The Balaban J connectivity index is 1.95. The van der Waals surface area contributed by atoms with Gasteiger partial charge in [-0.1, -0.05) is 17.7 Å². The van der Waals surface area contributed by atoms with E-state index in [2.05, 4.69) is 10.4 Å². The molecule has 0 spiro atoms. The molecule has 0 radical (unpaired) electrons. The van der Waals surface area contributed by atoms with Gasteiger partial charge < -0.3 is 5.32 Å². The van der Waals surface area contributed by atoms with Crippen molar-refractivity contribution < 1.29 is 18.0 Å². The number of anilines is 1. The smallest absolute Gasteiger partial charge is 0.320 e. The van der Waals surface area contributed by atoms with Gasteiger partial charge in [0.05, 0.1) is 11.3 Å². The van der Waals surface area contributed by atoms with E-state index in [1.165, 1.54) is 16.8 Å². The number of alkyl halides is 3. The molecule has 28 heavy (non-hydrogen) atoms. The molecule has 0 aliphatic rings. The van der Waals surface area contributed by atoms with Gasteiger partial charge in [0.2, 0.25) is 5.43 Å². The molecule has 144 valence electrons. The number of nitrogens with zero attached hydrogens (tertiary/aromatic N) is 2. The van der Waals surface area contributed by atoms with E-state index in [0.29, 0.717) is 16.4 Å². The zero-order valence-electron chi connectivity index (χ0n) is 14.4. The third-order valence-electron chi connectivity index (χ3n) is 3.84. The van der Waals surface area contributed by atoms with Crippen molar-refractivity contribution in [1.29, 1.82) is 0 Å². The number of hydrogen-bond acceptors (Lipinski definition) is 3. The minimum absolute atomic E-state index is 0.0976. The minimum atomic E-state index is -4.55. The van der Waals surface area contributed by atoms with Gasteiger partial charge in [0.15, 0.2) is 5.69 Å². The molecule has 1 N–H and O–H groups in total. The fourth-order valence-corrected chi connectivity index (χ4v) is 2.64. The van der Waals surface area contributed by atoms with E-state index in [-0.39, 0.29) is 5.69 Å². The number of carbonyl (C=O) groups is 1. The predicted octanol–water partition coefficient (Wildman–Crippen LogP) is 4.47. The van der Waals surface area contributed by atoms with E-state index < -0.39 is 28.8 Å². The van der Waals surface area contributed by atoms with Crippen molar-refractivity contribution in [2.75, 3.05) is 5.32 Å². The van der Waals surface area contributed by atoms with Gasteiger partial charge in [-0.25, -0.2) is 4.68 Å². The van der Waals surface area contributed by atoms with Gasteiger partial charge in [0.25, 0.3) is 5.91 Å². The average molecular weight is 408 g/mol. The van der Waals surface area contributed by atoms with E-state index in [0.717, 1.165) is 18.2 Å². The van der Waals surface area contributed by atoms with Crippen LogP contribution >= 0.6 is 11.6 Å².